The molecule has 0 aliphatic carbocycles. The molecule has 1 rings (SSSR count). The standard InChI is InChI=1S/C19H34N4O3S/c1-7-20-19(21-10-9-11-25-12-13(3)4)23-15(6)17-22-14(5)16(27-17)18(24)26-8-2/h13,15H,7-12H2,1-6H3,(H2,20,21,23). The number of carbonyl (C=O) groups is 1. The molecule has 0 radical (unpaired) electrons. The molecular weight excluding hydrogens is 364 g/mol. The van der Waals surface area contributed by atoms with E-state index in [9.17, 15) is 4.79 Å². The van der Waals surface area contributed by atoms with Gasteiger partial charge in [-0.2, -0.15) is 0 Å². The molecular formula is C19H34N4O3S. The monoisotopic (exact) mass is 398 g/mol. The molecule has 1 atom stereocenters. The molecule has 0 amide bonds. The lowest BCUT2D eigenvalue weighted by atomic mass is 10.2. The Kier molecular flexibility index (Phi) is 11.0. The average Bonchev–Trinajstić information content (AvgIpc) is 3.00. The molecule has 1 aromatic rings. The summed E-state index contributed by atoms with van der Waals surface area (Å²) in [5.74, 6) is 0.974. The van der Waals surface area contributed by atoms with Gasteiger partial charge < -0.3 is 20.1 Å². The molecule has 1 heterocycles. The van der Waals surface area contributed by atoms with Crippen LogP contribution in [0.4, 0.5) is 0 Å². The zero-order valence-electron chi connectivity index (χ0n) is 17.4. The highest BCUT2D eigenvalue weighted by atomic mass is 32.1. The summed E-state index contributed by atoms with van der Waals surface area (Å²) in [5, 5.41) is 7.42. The summed E-state index contributed by atoms with van der Waals surface area (Å²) in [5.41, 5.74) is 0.700. The summed E-state index contributed by atoms with van der Waals surface area (Å²) in [6, 6.07) is -0.0631. The first kappa shape index (κ1) is 23.4. The molecule has 1 unspecified atom stereocenters. The van der Waals surface area contributed by atoms with Crippen molar-refractivity contribution < 1.29 is 14.3 Å². The van der Waals surface area contributed by atoms with E-state index < -0.39 is 0 Å². The van der Waals surface area contributed by atoms with Crippen molar-refractivity contribution in [1.82, 2.24) is 15.6 Å². The van der Waals surface area contributed by atoms with E-state index in [1.54, 1.807) is 6.92 Å². The Morgan fingerprint density at radius 3 is 2.67 bits per heavy atom. The Morgan fingerprint density at radius 2 is 2.04 bits per heavy atom. The number of aromatic nitrogens is 1. The fourth-order valence-electron chi connectivity index (χ4n) is 2.25. The molecule has 0 spiro atoms. The van der Waals surface area contributed by atoms with E-state index in [1.165, 1.54) is 11.3 Å². The number of hydrogen-bond acceptors (Lipinski definition) is 6. The van der Waals surface area contributed by atoms with Crippen LogP contribution in [-0.2, 0) is 9.47 Å². The minimum atomic E-state index is -0.312. The molecule has 1 aromatic heterocycles. The second-order valence-electron chi connectivity index (χ2n) is 6.64. The van der Waals surface area contributed by atoms with Crippen molar-refractivity contribution >= 4 is 23.3 Å². The zero-order valence-corrected chi connectivity index (χ0v) is 18.2. The van der Waals surface area contributed by atoms with E-state index >= 15 is 0 Å². The van der Waals surface area contributed by atoms with E-state index in [1.807, 2.05) is 20.8 Å². The zero-order chi connectivity index (χ0) is 20.2. The van der Waals surface area contributed by atoms with Crippen LogP contribution >= 0.6 is 11.3 Å². The van der Waals surface area contributed by atoms with Crippen molar-refractivity contribution in [2.45, 2.75) is 54.0 Å². The smallest absolute Gasteiger partial charge is 0.350 e. The lowest BCUT2D eigenvalue weighted by Crippen LogP contribution is -2.38. The number of esters is 1. The Morgan fingerprint density at radius 1 is 1.30 bits per heavy atom. The number of carbonyl (C=O) groups excluding carboxylic acids is 1. The van der Waals surface area contributed by atoms with Crippen LogP contribution in [0.15, 0.2) is 4.99 Å². The van der Waals surface area contributed by atoms with Gasteiger partial charge in [0.1, 0.15) is 9.88 Å². The van der Waals surface area contributed by atoms with Crippen molar-refractivity contribution in [3.05, 3.63) is 15.6 Å². The van der Waals surface area contributed by atoms with Crippen molar-refractivity contribution in [3.8, 4) is 0 Å². The van der Waals surface area contributed by atoms with Gasteiger partial charge in [0.15, 0.2) is 5.96 Å². The summed E-state index contributed by atoms with van der Waals surface area (Å²) < 4.78 is 10.7. The second kappa shape index (κ2) is 12.7. The van der Waals surface area contributed by atoms with Crippen LogP contribution in [0, 0.1) is 12.8 Å². The van der Waals surface area contributed by atoms with Gasteiger partial charge >= 0.3 is 5.97 Å². The first-order valence-electron chi connectivity index (χ1n) is 9.65. The molecule has 7 nitrogen and oxygen atoms in total. The van der Waals surface area contributed by atoms with Crippen molar-refractivity contribution in [1.29, 1.82) is 0 Å². The van der Waals surface area contributed by atoms with Crippen LogP contribution in [0.5, 0.6) is 0 Å². The summed E-state index contributed by atoms with van der Waals surface area (Å²) in [6.45, 7) is 15.3. The fraction of sp³-hybridized carbons (Fsp3) is 0.737. The minimum Gasteiger partial charge on any atom is -0.462 e. The maximum absolute atomic E-state index is 12.0. The third-order valence-electron chi connectivity index (χ3n) is 3.51. The highest BCUT2D eigenvalue weighted by molar-refractivity contribution is 7.13. The van der Waals surface area contributed by atoms with Gasteiger partial charge in [0.2, 0.25) is 0 Å². The Balaban J connectivity index is 2.61. The Hall–Kier alpha value is -1.67. The topological polar surface area (TPSA) is 84.8 Å². The summed E-state index contributed by atoms with van der Waals surface area (Å²) in [4.78, 5) is 21.6. The minimum absolute atomic E-state index is 0.0631. The van der Waals surface area contributed by atoms with E-state index in [0.717, 1.165) is 30.5 Å². The van der Waals surface area contributed by atoms with Gasteiger partial charge in [-0.3, -0.25) is 4.99 Å². The quantitative estimate of drug-likeness (QED) is 0.257. The highest BCUT2D eigenvalue weighted by Crippen LogP contribution is 2.24. The summed E-state index contributed by atoms with van der Waals surface area (Å²) >= 11 is 1.36. The molecule has 0 saturated carbocycles. The normalized spacial score (nSPS) is 12.9. The number of rotatable bonds is 11. The first-order chi connectivity index (χ1) is 12.9. The van der Waals surface area contributed by atoms with Crippen LogP contribution in [0.25, 0.3) is 0 Å². The molecule has 0 aromatic carbocycles. The predicted molar refractivity (Wildman–Crippen MR) is 111 cm³/mol. The van der Waals surface area contributed by atoms with Gasteiger partial charge in [-0.1, -0.05) is 13.8 Å². The van der Waals surface area contributed by atoms with Gasteiger partial charge in [0.25, 0.3) is 0 Å². The van der Waals surface area contributed by atoms with E-state index in [-0.39, 0.29) is 12.0 Å². The third kappa shape index (κ3) is 8.71. The highest BCUT2D eigenvalue weighted by Gasteiger charge is 2.20. The third-order valence-corrected chi connectivity index (χ3v) is 4.83. The lowest BCUT2D eigenvalue weighted by molar-refractivity contribution is 0.0531. The van der Waals surface area contributed by atoms with Gasteiger partial charge in [-0.25, -0.2) is 9.78 Å². The van der Waals surface area contributed by atoms with Gasteiger partial charge in [-0.05, 0) is 40.0 Å². The number of nitrogens with one attached hydrogen (secondary N) is 2. The SMILES string of the molecule is CCNC(=NCCCOCC(C)C)NC(C)c1nc(C)c(C(=O)OCC)s1. The predicted octanol–water partition coefficient (Wildman–Crippen LogP) is 3.31. The van der Waals surface area contributed by atoms with Gasteiger partial charge in [-0.15, -0.1) is 11.3 Å². The molecule has 0 aliphatic heterocycles. The summed E-state index contributed by atoms with van der Waals surface area (Å²) in [6.07, 6.45) is 0.876. The van der Waals surface area contributed by atoms with E-state index in [0.29, 0.717) is 36.2 Å². The first-order valence-corrected chi connectivity index (χ1v) is 10.5. The maximum atomic E-state index is 12.0. The van der Waals surface area contributed by atoms with Crippen LogP contribution in [-0.4, -0.2) is 49.8 Å². The van der Waals surface area contributed by atoms with Crippen molar-refractivity contribution in [2.24, 2.45) is 10.9 Å². The van der Waals surface area contributed by atoms with Crippen LogP contribution in [0.3, 0.4) is 0 Å². The Bertz CT molecular complexity index is 602. The van der Waals surface area contributed by atoms with Crippen LogP contribution in [0.1, 0.15) is 67.5 Å². The number of aliphatic imine (C=N–C) groups is 1. The Labute approximate surface area is 167 Å². The average molecular weight is 399 g/mol. The number of aryl methyl sites for hydroxylation is 1. The fourth-order valence-corrected chi connectivity index (χ4v) is 3.21. The maximum Gasteiger partial charge on any atom is 0.350 e. The summed E-state index contributed by atoms with van der Waals surface area (Å²) in [7, 11) is 0. The molecule has 0 bridgehead atoms. The van der Waals surface area contributed by atoms with Gasteiger partial charge in [0.05, 0.1) is 18.3 Å². The molecule has 27 heavy (non-hydrogen) atoms. The lowest BCUT2D eigenvalue weighted by Gasteiger charge is -2.16. The van der Waals surface area contributed by atoms with E-state index in [2.05, 4.69) is 34.5 Å². The molecule has 0 fully saturated rings. The molecule has 0 saturated heterocycles. The van der Waals surface area contributed by atoms with Crippen molar-refractivity contribution in [3.63, 3.8) is 0 Å². The molecule has 8 heteroatoms. The van der Waals surface area contributed by atoms with Crippen LogP contribution in [0.2, 0.25) is 0 Å². The number of ether oxygens (including phenoxy) is 2. The number of nitrogens with zero attached hydrogens (tertiary/aromatic N) is 2. The van der Waals surface area contributed by atoms with E-state index in [4.69, 9.17) is 9.47 Å². The van der Waals surface area contributed by atoms with Crippen LogP contribution < -0.4 is 10.6 Å². The molecule has 0 aliphatic rings. The van der Waals surface area contributed by atoms with Gasteiger partial charge in [0, 0.05) is 26.3 Å². The van der Waals surface area contributed by atoms with Crippen molar-refractivity contribution in [2.75, 3.05) is 32.9 Å². The largest absolute Gasteiger partial charge is 0.462 e. The number of hydrogen-bond donors (Lipinski definition) is 2. The molecule has 2 N–H and O–H groups in total. The molecule has 154 valence electrons. The second-order valence-corrected chi connectivity index (χ2v) is 7.67. The number of guanidine groups is 1. The number of thiazole rings is 1.